The van der Waals surface area contributed by atoms with Crippen LogP contribution < -0.4 is 5.32 Å². The molecule has 0 unspecified atom stereocenters. The molecule has 1 aliphatic rings. The number of hydrogen-bond donors (Lipinski definition) is 2. The molecule has 0 saturated carbocycles. The first-order valence-electron chi connectivity index (χ1n) is 8.84. The number of fused-ring (bicyclic) bond motifs is 1. The molecule has 1 amide bonds. The van der Waals surface area contributed by atoms with E-state index in [2.05, 4.69) is 15.3 Å². The van der Waals surface area contributed by atoms with Gasteiger partial charge in [0.15, 0.2) is 11.6 Å². The lowest BCUT2D eigenvalue weighted by Gasteiger charge is -2.22. The maximum absolute atomic E-state index is 13.4. The zero-order valence-corrected chi connectivity index (χ0v) is 15.0. The standard InChI is InChI=1S/C21H18F2N4O/c22-16-7-6-15(8-17(16)23)11-27-12-20-18(25-13-27)9-19(26-20)21(28)24-10-14-4-2-1-3-5-14/h1-9,13,26H,10-12H2,(H,24,28). The zero-order valence-electron chi connectivity index (χ0n) is 15.0. The monoisotopic (exact) mass is 380 g/mol. The summed E-state index contributed by atoms with van der Waals surface area (Å²) in [5.74, 6) is -1.95. The van der Waals surface area contributed by atoms with Crippen molar-refractivity contribution in [2.24, 2.45) is 4.99 Å². The number of amides is 1. The average molecular weight is 380 g/mol. The van der Waals surface area contributed by atoms with Crippen LogP contribution in [0.1, 0.15) is 27.3 Å². The van der Waals surface area contributed by atoms with Gasteiger partial charge in [-0.25, -0.2) is 13.8 Å². The molecule has 4 rings (SSSR count). The Hall–Kier alpha value is -3.48. The number of carbonyl (C=O) groups is 1. The third-order valence-corrected chi connectivity index (χ3v) is 4.51. The minimum Gasteiger partial charge on any atom is -0.352 e. The molecule has 28 heavy (non-hydrogen) atoms. The minimum absolute atomic E-state index is 0.208. The molecule has 0 spiro atoms. The number of benzene rings is 2. The molecule has 0 radical (unpaired) electrons. The molecule has 0 atom stereocenters. The quantitative estimate of drug-likeness (QED) is 0.705. The van der Waals surface area contributed by atoms with Gasteiger partial charge in [-0.2, -0.15) is 0 Å². The van der Waals surface area contributed by atoms with Crippen LogP contribution in [-0.4, -0.2) is 22.1 Å². The molecular formula is C21H18F2N4O. The van der Waals surface area contributed by atoms with Crippen molar-refractivity contribution in [2.45, 2.75) is 19.6 Å². The van der Waals surface area contributed by atoms with Crippen LogP contribution in [0.25, 0.3) is 0 Å². The number of aliphatic imine (C=N–C) groups is 1. The maximum Gasteiger partial charge on any atom is 0.268 e. The van der Waals surface area contributed by atoms with Crippen LogP contribution in [0.4, 0.5) is 14.5 Å². The van der Waals surface area contributed by atoms with Crippen molar-refractivity contribution >= 4 is 17.9 Å². The van der Waals surface area contributed by atoms with E-state index >= 15 is 0 Å². The van der Waals surface area contributed by atoms with Gasteiger partial charge in [-0.15, -0.1) is 0 Å². The molecule has 0 bridgehead atoms. The topological polar surface area (TPSA) is 60.5 Å². The Morgan fingerprint density at radius 3 is 2.68 bits per heavy atom. The highest BCUT2D eigenvalue weighted by Crippen LogP contribution is 2.26. The van der Waals surface area contributed by atoms with Crippen LogP contribution in [0.15, 0.2) is 59.6 Å². The third-order valence-electron chi connectivity index (χ3n) is 4.51. The van der Waals surface area contributed by atoms with Crippen LogP contribution >= 0.6 is 0 Å². The molecular weight excluding hydrogens is 362 g/mol. The molecule has 142 valence electrons. The van der Waals surface area contributed by atoms with Gasteiger partial charge >= 0.3 is 0 Å². The largest absolute Gasteiger partial charge is 0.352 e. The second-order valence-corrected chi connectivity index (χ2v) is 6.61. The van der Waals surface area contributed by atoms with Gasteiger partial charge in [-0.1, -0.05) is 36.4 Å². The summed E-state index contributed by atoms with van der Waals surface area (Å²) in [7, 11) is 0. The fraction of sp³-hybridized carbons (Fsp3) is 0.143. The van der Waals surface area contributed by atoms with E-state index in [1.807, 2.05) is 35.2 Å². The van der Waals surface area contributed by atoms with Crippen molar-refractivity contribution < 1.29 is 13.6 Å². The molecule has 1 aliphatic heterocycles. The highest BCUT2D eigenvalue weighted by molar-refractivity contribution is 5.94. The lowest BCUT2D eigenvalue weighted by molar-refractivity contribution is 0.0946. The Kier molecular flexibility index (Phi) is 4.89. The number of H-pyrrole nitrogens is 1. The van der Waals surface area contributed by atoms with E-state index in [0.717, 1.165) is 17.3 Å². The van der Waals surface area contributed by atoms with E-state index in [1.54, 1.807) is 18.5 Å². The SMILES string of the molecule is O=C(NCc1ccccc1)c1cc2c([nH]1)CN(Cc1ccc(F)c(F)c1)C=N2. The molecule has 0 saturated heterocycles. The van der Waals surface area contributed by atoms with Gasteiger partial charge in [0.05, 0.1) is 24.3 Å². The van der Waals surface area contributed by atoms with Crippen LogP contribution in [-0.2, 0) is 19.6 Å². The Labute approximate surface area is 160 Å². The summed E-state index contributed by atoms with van der Waals surface area (Å²) >= 11 is 0. The van der Waals surface area contributed by atoms with Crippen LogP contribution in [0.3, 0.4) is 0 Å². The summed E-state index contributed by atoms with van der Waals surface area (Å²) in [6, 6.07) is 15.2. The number of hydrogen-bond acceptors (Lipinski definition) is 3. The van der Waals surface area contributed by atoms with Gasteiger partial charge in [0.25, 0.3) is 5.91 Å². The molecule has 3 aromatic rings. The van der Waals surface area contributed by atoms with Crippen molar-refractivity contribution in [3.05, 3.63) is 88.7 Å². The van der Waals surface area contributed by atoms with Crippen molar-refractivity contribution in [2.75, 3.05) is 0 Å². The van der Waals surface area contributed by atoms with E-state index in [9.17, 15) is 13.6 Å². The number of nitrogens with one attached hydrogen (secondary N) is 2. The second kappa shape index (κ2) is 7.64. The summed E-state index contributed by atoms with van der Waals surface area (Å²) in [5.41, 5.74) is 3.60. The Bertz CT molecular complexity index is 1030. The first-order chi connectivity index (χ1) is 13.6. The van der Waals surface area contributed by atoms with Crippen molar-refractivity contribution in [3.63, 3.8) is 0 Å². The Morgan fingerprint density at radius 1 is 1.07 bits per heavy atom. The average Bonchev–Trinajstić information content (AvgIpc) is 3.13. The fourth-order valence-electron chi connectivity index (χ4n) is 3.07. The minimum atomic E-state index is -0.871. The van der Waals surface area contributed by atoms with Crippen molar-refractivity contribution in [1.29, 1.82) is 0 Å². The normalized spacial score (nSPS) is 12.7. The van der Waals surface area contributed by atoms with E-state index in [-0.39, 0.29) is 5.91 Å². The van der Waals surface area contributed by atoms with Crippen LogP contribution in [0, 0.1) is 11.6 Å². The number of aromatic amines is 1. The zero-order chi connectivity index (χ0) is 19.5. The number of carbonyl (C=O) groups excluding carboxylic acids is 1. The Morgan fingerprint density at radius 2 is 1.89 bits per heavy atom. The highest BCUT2D eigenvalue weighted by atomic mass is 19.2. The number of nitrogens with zero attached hydrogens (tertiary/aromatic N) is 2. The van der Waals surface area contributed by atoms with Gasteiger partial charge < -0.3 is 15.2 Å². The van der Waals surface area contributed by atoms with Gasteiger partial charge in [0.1, 0.15) is 5.69 Å². The molecule has 2 heterocycles. The molecule has 7 heteroatoms. The second-order valence-electron chi connectivity index (χ2n) is 6.61. The van der Waals surface area contributed by atoms with E-state index in [0.29, 0.717) is 36.6 Å². The predicted octanol–water partition coefficient (Wildman–Crippen LogP) is 3.90. The van der Waals surface area contributed by atoms with Crippen LogP contribution in [0.2, 0.25) is 0 Å². The third kappa shape index (κ3) is 3.93. The lowest BCUT2D eigenvalue weighted by atomic mass is 10.2. The molecule has 0 aliphatic carbocycles. The Balaban J connectivity index is 1.40. The molecule has 2 aromatic carbocycles. The number of halogens is 2. The molecule has 0 fully saturated rings. The maximum atomic E-state index is 13.4. The summed E-state index contributed by atoms with van der Waals surface area (Å²) in [4.78, 5) is 21.7. The summed E-state index contributed by atoms with van der Waals surface area (Å²) < 4.78 is 26.4. The first-order valence-corrected chi connectivity index (χ1v) is 8.84. The molecule has 2 N–H and O–H groups in total. The first kappa shape index (κ1) is 17.9. The highest BCUT2D eigenvalue weighted by Gasteiger charge is 2.18. The van der Waals surface area contributed by atoms with Gasteiger partial charge in [0, 0.05) is 13.1 Å². The van der Waals surface area contributed by atoms with E-state index in [4.69, 9.17) is 0 Å². The lowest BCUT2D eigenvalue weighted by Crippen LogP contribution is -2.24. The van der Waals surface area contributed by atoms with Crippen LogP contribution in [0.5, 0.6) is 0 Å². The predicted molar refractivity (Wildman–Crippen MR) is 102 cm³/mol. The van der Waals surface area contributed by atoms with Gasteiger partial charge in [-0.3, -0.25) is 4.79 Å². The van der Waals surface area contributed by atoms with E-state index < -0.39 is 11.6 Å². The van der Waals surface area contributed by atoms with Gasteiger partial charge in [0.2, 0.25) is 0 Å². The summed E-state index contributed by atoms with van der Waals surface area (Å²) in [6.45, 7) is 1.31. The van der Waals surface area contributed by atoms with Gasteiger partial charge in [-0.05, 0) is 29.3 Å². The molecule has 1 aromatic heterocycles. The molecule has 5 nitrogen and oxygen atoms in total. The van der Waals surface area contributed by atoms with Crippen molar-refractivity contribution in [1.82, 2.24) is 15.2 Å². The summed E-state index contributed by atoms with van der Waals surface area (Å²) in [6.07, 6.45) is 1.64. The number of rotatable bonds is 5. The smallest absolute Gasteiger partial charge is 0.268 e. The number of aromatic nitrogens is 1. The summed E-state index contributed by atoms with van der Waals surface area (Å²) in [5, 5.41) is 2.87. The fourth-order valence-corrected chi connectivity index (χ4v) is 3.07. The van der Waals surface area contributed by atoms with E-state index in [1.165, 1.54) is 6.07 Å². The van der Waals surface area contributed by atoms with Crippen molar-refractivity contribution in [3.8, 4) is 0 Å².